The summed E-state index contributed by atoms with van der Waals surface area (Å²) in [7, 11) is -2.87. The monoisotopic (exact) mass is 304 g/mol. The molecule has 0 radical (unpaired) electrons. The summed E-state index contributed by atoms with van der Waals surface area (Å²) in [5.41, 5.74) is 1.18. The molecule has 0 amide bonds. The molecule has 21 heavy (non-hydrogen) atoms. The minimum absolute atomic E-state index is 0.0818. The fourth-order valence-electron chi connectivity index (χ4n) is 3.26. The van der Waals surface area contributed by atoms with Gasteiger partial charge in [-0.2, -0.15) is 0 Å². The zero-order chi connectivity index (χ0) is 14.9. The van der Waals surface area contributed by atoms with Crippen molar-refractivity contribution < 1.29 is 8.42 Å². The summed E-state index contributed by atoms with van der Waals surface area (Å²) in [6.45, 7) is 2.88. The second-order valence-electron chi connectivity index (χ2n) is 5.64. The van der Waals surface area contributed by atoms with Crippen LogP contribution in [0.4, 0.5) is 0 Å². The minimum atomic E-state index is -2.87. The third-order valence-electron chi connectivity index (χ3n) is 4.21. The van der Waals surface area contributed by atoms with Gasteiger partial charge in [0.15, 0.2) is 9.84 Å². The molecular weight excluding hydrogens is 284 g/mol. The Hall–Kier alpha value is -1.46. The van der Waals surface area contributed by atoms with E-state index in [4.69, 9.17) is 0 Å². The average Bonchev–Trinajstić information content (AvgIpc) is 2.84. The van der Waals surface area contributed by atoms with E-state index in [2.05, 4.69) is 23.3 Å². The van der Waals surface area contributed by atoms with Gasteiger partial charge in [-0.3, -0.25) is 4.98 Å². The fourth-order valence-corrected chi connectivity index (χ4v) is 5.10. The zero-order valence-electron chi connectivity index (χ0n) is 12.1. The maximum absolute atomic E-state index is 11.8. The summed E-state index contributed by atoms with van der Waals surface area (Å²) in [6.07, 6.45) is 4.38. The number of sulfone groups is 1. The lowest BCUT2D eigenvalue weighted by Gasteiger charge is -2.25. The van der Waals surface area contributed by atoms with Gasteiger partial charge in [0.05, 0.1) is 11.5 Å². The first kappa shape index (κ1) is 14.5. The molecule has 2 aromatic rings. The topological polar surface area (TPSA) is 59.1 Å². The highest BCUT2D eigenvalue weighted by molar-refractivity contribution is 7.91. The van der Waals surface area contributed by atoms with E-state index >= 15 is 0 Å². The van der Waals surface area contributed by atoms with Crippen molar-refractivity contribution >= 4 is 20.6 Å². The first-order valence-corrected chi connectivity index (χ1v) is 9.19. The second-order valence-corrected chi connectivity index (χ2v) is 7.87. The molecule has 0 saturated carbocycles. The molecule has 1 aliphatic rings. The van der Waals surface area contributed by atoms with Gasteiger partial charge in [-0.05, 0) is 35.9 Å². The quantitative estimate of drug-likeness (QED) is 0.942. The molecule has 1 fully saturated rings. The van der Waals surface area contributed by atoms with Gasteiger partial charge in [0.25, 0.3) is 0 Å². The van der Waals surface area contributed by atoms with Crippen LogP contribution < -0.4 is 5.32 Å². The molecule has 2 unspecified atom stereocenters. The van der Waals surface area contributed by atoms with Gasteiger partial charge in [0, 0.05) is 23.8 Å². The number of hydrogen-bond donors (Lipinski definition) is 1. The number of nitrogens with one attached hydrogen (secondary N) is 1. The van der Waals surface area contributed by atoms with E-state index in [0.29, 0.717) is 5.75 Å². The first-order chi connectivity index (χ1) is 10.1. The number of rotatable bonds is 4. The summed E-state index contributed by atoms with van der Waals surface area (Å²) in [5, 5.41) is 5.74. The molecule has 1 N–H and O–H groups in total. The van der Waals surface area contributed by atoms with Crippen LogP contribution in [0.15, 0.2) is 36.7 Å². The standard InChI is InChI=1S/C16H20N2O2S/c1-2-18-16(13-7-9-21(19,20)11-13)15-5-3-4-12-10-17-8-6-14(12)15/h3-6,8,10,13,16,18H,2,7,9,11H2,1H3. The molecule has 0 spiro atoms. The third kappa shape index (κ3) is 2.94. The van der Waals surface area contributed by atoms with Crippen LogP contribution in [-0.2, 0) is 9.84 Å². The maximum Gasteiger partial charge on any atom is 0.150 e. The van der Waals surface area contributed by atoms with E-state index in [0.717, 1.165) is 23.7 Å². The predicted octanol–water partition coefficient (Wildman–Crippen LogP) is 2.32. The predicted molar refractivity (Wildman–Crippen MR) is 84.9 cm³/mol. The van der Waals surface area contributed by atoms with Crippen LogP contribution in [0.25, 0.3) is 10.8 Å². The van der Waals surface area contributed by atoms with E-state index in [-0.39, 0.29) is 17.7 Å². The van der Waals surface area contributed by atoms with Crippen LogP contribution in [0.1, 0.15) is 24.9 Å². The van der Waals surface area contributed by atoms with Crippen LogP contribution in [-0.4, -0.2) is 31.5 Å². The van der Waals surface area contributed by atoms with E-state index in [9.17, 15) is 8.42 Å². The summed E-state index contributed by atoms with van der Waals surface area (Å²) in [6, 6.07) is 8.25. The summed E-state index contributed by atoms with van der Waals surface area (Å²) in [4.78, 5) is 4.16. The molecule has 112 valence electrons. The van der Waals surface area contributed by atoms with Crippen molar-refractivity contribution in [2.24, 2.45) is 5.92 Å². The highest BCUT2D eigenvalue weighted by atomic mass is 32.2. The van der Waals surface area contributed by atoms with Crippen LogP contribution >= 0.6 is 0 Å². The Balaban J connectivity index is 2.04. The summed E-state index contributed by atoms with van der Waals surface area (Å²) in [5.74, 6) is 0.742. The molecule has 2 atom stereocenters. The summed E-state index contributed by atoms with van der Waals surface area (Å²) < 4.78 is 23.6. The van der Waals surface area contributed by atoms with Crippen molar-refractivity contribution in [2.75, 3.05) is 18.1 Å². The van der Waals surface area contributed by atoms with Crippen LogP contribution in [0.2, 0.25) is 0 Å². The van der Waals surface area contributed by atoms with Crippen molar-refractivity contribution in [1.29, 1.82) is 0 Å². The smallest absolute Gasteiger partial charge is 0.150 e. The number of fused-ring (bicyclic) bond motifs is 1. The molecule has 0 bridgehead atoms. The lowest BCUT2D eigenvalue weighted by molar-refractivity contribution is 0.402. The van der Waals surface area contributed by atoms with Gasteiger partial charge < -0.3 is 5.32 Å². The van der Waals surface area contributed by atoms with Crippen molar-refractivity contribution in [3.8, 4) is 0 Å². The molecular formula is C16H20N2O2S. The highest BCUT2D eigenvalue weighted by Gasteiger charge is 2.34. The highest BCUT2D eigenvalue weighted by Crippen LogP contribution is 2.34. The van der Waals surface area contributed by atoms with Gasteiger partial charge >= 0.3 is 0 Å². The molecule has 4 nitrogen and oxygen atoms in total. The number of hydrogen-bond acceptors (Lipinski definition) is 4. The number of pyridine rings is 1. The normalized spacial score (nSPS) is 22.4. The lowest BCUT2D eigenvalue weighted by atomic mass is 9.89. The zero-order valence-corrected chi connectivity index (χ0v) is 12.9. The molecule has 3 rings (SSSR count). The molecule has 1 saturated heterocycles. The maximum atomic E-state index is 11.8. The second kappa shape index (κ2) is 5.73. The van der Waals surface area contributed by atoms with E-state index in [1.165, 1.54) is 5.56 Å². The number of aromatic nitrogens is 1. The van der Waals surface area contributed by atoms with Crippen molar-refractivity contribution in [1.82, 2.24) is 10.3 Å². The Kier molecular flexibility index (Phi) is 3.95. The van der Waals surface area contributed by atoms with Crippen LogP contribution in [0.5, 0.6) is 0 Å². The molecule has 5 heteroatoms. The van der Waals surface area contributed by atoms with Crippen LogP contribution in [0, 0.1) is 5.92 Å². The van der Waals surface area contributed by atoms with E-state index in [1.807, 2.05) is 24.4 Å². The average molecular weight is 304 g/mol. The van der Waals surface area contributed by atoms with Crippen molar-refractivity contribution in [3.05, 3.63) is 42.2 Å². The van der Waals surface area contributed by atoms with Gasteiger partial charge in [-0.1, -0.05) is 25.1 Å². The van der Waals surface area contributed by atoms with Gasteiger partial charge in [0.1, 0.15) is 0 Å². The molecule has 2 heterocycles. The molecule has 1 aromatic heterocycles. The molecule has 1 aromatic carbocycles. The van der Waals surface area contributed by atoms with Gasteiger partial charge in [-0.15, -0.1) is 0 Å². The molecule has 1 aliphatic heterocycles. The Bertz CT molecular complexity index is 738. The fraction of sp³-hybridized carbons (Fsp3) is 0.438. The lowest BCUT2D eigenvalue weighted by Crippen LogP contribution is -2.29. The SMILES string of the molecule is CCNC(c1cccc2cnccc12)C1CCS(=O)(=O)C1. The largest absolute Gasteiger partial charge is 0.310 e. The Morgan fingerprint density at radius 3 is 2.95 bits per heavy atom. The van der Waals surface area contributed by atoms with Crippen molar-refractivity contribution in [3.63, 3.8) is 0 Å². The van der Waals surface area contributed by atoms with Gasteiger partial charge in [-0.25, -0.2) is 8.42 Å². The first-order valence-electron chi connectivity index (χ1n) is 7.37. The Morgan fingerprint density at radius 1 is 1.38 bits per heavy atom. The van der Waals surface area contributed by atoms with E-state index < -0.39 is 9.84 Å². The minimum Gasteiger partial charge on any atom is -0.310 e. The Morgan fingerprint density at radius 2 is 2.24 bits per heavy atom. The third-order valence-corrected chi connectivity index (χ3v) is 6.01. The van der Waals surface area contributed by atoms with Gasteiger partial charge in [0.2, 0.25) is 0 Å². The Labute approximate surface area is 125 Å². The molecule has 0 aliphatic carbocycles. The van der Waals surface area contributed by atoms with Crippen molar-refractivity contribution in [2.45, 2.75) is 19.4 Å². The number of nitrogens with zero attached hydrogens (tertiary/aromatic N) is 1. The van der Waals surface area contributed by atoms with Crippen LogP contribution in [0.3, 0.4) is 0 Å². The number of benzene rings is 1. The summed E-state index contributed by atoms with van der Waals surface area (Å²) >= 11 is 0. The van der Waals surface area contributed by atoms with E-state index in [1.54, 1.807) is 6.20 Å².